The average molecular weight is 349 g/mol. The topological polar surface area (TPSA) is 109 Å². The molecule has 2 N–H and O–H groups in total. The van der Waals surface area contributed by atoms with E-state index in [4.69, 9.17) is 5.11 Å². The number of aromatic nitrogens is 2. The van der Waals surface area contributed by atoms with Gasteiger partial charge in [0, 0.05) is 18.0 Å². The Morgan fingerprint density at radius 1 is 1.58 bits per heavy atom. The number of halogens is 1. The monoisotopic (exact) mass is 349 g/mol. The molecule has 0 spiro atoms. The van der Waals surface area contributed by atoms with Gasteiger partial charge in [0.05, 0.1) is 24.3 Å². The second-order valence-corrected chi connectivity index (χ2v) is 6.24. The van der Waals surface area contributed by atoms with Gasteiger partial charge in [-0.1, -0.05) is 11.8 Å². The van der Waals surface area contributed by atoms with Gasteiger partial charge in [0.25, 0.3) is 0 Å². The summed E-state index contributed by atoms with van der Waals surface area (Å²) in [6.45, 7) is 0. The number of thioether (sulfide) groups is 1. The Hall–Kier alpha value is -2.75. The molecule has 10 heteroatoms. The van der Waals surface area contributed by atoms with E-state index in [2.05, 4.69) is 20.6 Å². The molecule has 2 aromatic rings. The molecule has 1 aromatic carbocycles. The van der Waals surface area contributed by atoms with Crippen LogP contribution in [0.5, 0.6) is 0 Å². The van der Waals surface area contributed by atoms with Gasteiger partial charge in [-0.15, -0.1) is 5.10 Å². The number of hydrogen-bond acceptors (Lipinski definition) is 6. The van der Waals surface area contributed by atoms with E-state index < -0.39 is 22.9 Å². The van der Waals surface area contributed by atoms with E-state index in [1.54, 1.807) is 24.0 Å². The molecule has 2 heterocycles. The second kappa shape index (κ2) is 6.40. The van der Waals surface area contributed by atoms with Gasteiger partial charge in [-0.3, -0.25) is 14.3 Å². The first kappa shape index (κ1) is 16.1. The van der Waals surface area contributed by atoms with Gasteiger partial charge in [-0.2, -0.15) is 10.2 Å². The molecule has 24 heavy (non-hydrogen) atoms. The highest BCUT2D eigenvalue weighted by atomic mass is 32.2. The Labute approximate surface area is 139 Å². The zero-order valence-electron chi connectivity index (χ0n) is 12.4. The van der Waals surface area contributed by atoms with Crippen molar-refractivity contribution < 1.29 is 19.1 Å². The summed E-state index contributed by atoms with van der Waals surface area (Å²) in [6.07, 6.45) is 2.49. The fourth-order valence-electron chi connectivity index (χ4n) is 2.18. The van der Waals surface area contributed by atoms with E-state index >= 15 is 0 Å². The molecule has 0 aliphatic carbocycles. The van der Waals surface area contributed by atoms with Crippen molar-refractivity contribution in [1.29, 1.82) is 0 Å². The number of nitrogens with one attached hydrogen (secondary N) is 1. The number of benzene rings is 1. The van der Waals surface area contributed by atoms with E-state index in [1.807, 2.05) is 0 Å². The minimum absolute atomic E-state index is 0.185. The summed E-state index contributed by atoms with van der Waals surface area (Å²) in [4.78, 5) is 22.2. The summed E-state index contributed by atoms with van der Waals surface area (Å²) < 4.78 is 15.6. The molecule has 1 atom stereocenters. The number of amides is 1. The van der Waals surface area contributed by atoms with Gasteiger partial charge in [0.15, 0.2) is 5.17 Å². The summed E-state index contributed by atoms with van der Waals surface area (Å²) >= 11 is 0.980. The zero-order chi connectivity index (χ0) is 17.3. The lowest BCUT2D eigenvalue weighted by Crippen LogP contribution is -2.26. The molecule has 1 amide bonds. The molecule has 124 valence electrons. The summed E-state index contributed by atoms with van der Waals surface area (Å²) in [6, 6.07) is 2.95. The zero-order valence-corrected chi connectivity index (χ0v) is 13.2. The Morgan fingerprint density at radius 3 is 3.12 bits per heavy atom. The molecule has 0 radical (unpaired) electrons. The van der Waals surface area contributed by atoms with E-state index in [1.165, 1.54) is 12.3 Å². The van der Waals surface area contributed by atoms with Crippen molar-refractivity contribution in [3.05, 3.63) is 29.7 Å². The number of amidine groups is 1. The highest BCUT2D eigenvalue weighted by Gasteiger charge is 2.32. The summed E-state index contributed by atoms with van der Waals surface area (Å²) in [5, 5.41) is 22.9. The van der Waals surface area contributed by atoms with E-state index in [-0.39, 0.29) is 17.2 Å². The normalized spacial score (nSPS) is 19.5. The van der Waals surface area contributed by atoms with Crippen molar-refractivity contribution in [1.82, 2.24) is 15.1 Å². The van der Waals surface area contributed by atoms with Gasteiger partial charge in [0.1, 0.15) is 11.1 Å². The third-order valence-corrected chi connectivity index (χ3v) is 4.42. The highest BCUT2D eigenvalue weighted by Crippen LogP contribution is 2.22. The summed E-state index contributed by atoms with van der Waals surface area (Å²) in [7, 11) is 1.74. The number of aliphatic carboxylic acids is 1. The number of aryl methyl sites for hydroxylation is 1. The van der Waals surface area contributed by atoms with Gasteiger partial charge < -0.3 is 10.4 Å². The second-order valence-electron chi connectivity index (χ2n) is 5.04. The maximum atomic E-state index is 14.0. The van der Waals surface area contributed by atoms with Crippen LogP contribution in [0.1, 0.15) is 12.0 Å². The van der Waals surface area contributed by atoms with Crippen molar-refractivity contribution in [2.24, 2.45) is 17.3 Å². The average Bonchev–Trinajstić information content (AvgIpc) is 3.03. The minimum atomic E-state index is -1.07. The van der Waals surface area contributed by atoms with Gasteiger partial charge in [-0.25, -0.2) is 4.39 Å². The van der Waals surface area contributed by atoms with Crippen LogP contribution in [0.25, 0.3) is 10.9 Å². The molecule has 8 nitrogen and oxygen atoms in total. The SMILES string of the molecule is Cn1ncc2cc(F)c(C=NN=C3NC(=O)C(CC(=O)O)S3)cc21. The number of carboxylic acids is 1. The predicted molar refractivity (Wildman–Crippen MR) is 87.5 cm³/mol. The van der Waals surface area contributed by atoms with Crippen LogP contribution in [0.4, 0.5) is 4.39 Å². The Morgan fingerprint density at radius 2 is 2.38 bits per heavy atom. The summed E-state index contributed by atoms with van der Waals surface area (Å²) in [5.74, 6) is -1.97. The van der Waals surface area contributed by atoms with E-state index in [0.717, 1.165) is 17.3 Å². The molecule has 1 fully saturated rings. The molecule has 1 saturated heterocycles. The quantitative estimate of drug-likeness (QED) is 0.635. The molecule has 0 saturated carbocycles. The Kier molecular flexibility index (Phi) is 4.30. The number of nitrogens with zero attached hydrogens (tertiary/aromatic N) is 4. The maximum absolute atomic E-state index is 14.0. The third-order valence-electron chi connectivity index (χ3n) is 3.35. The maximum Gasteiger partial charge on any atom is 0.305 e. The first-order valence-corrected chi connectivity index (χ1v) is 7.73. The minimum Gasteiger partial charge on any atom is -0.481 e. The molecule has 1 unspecified atom stereocenters. The number of carbonyl (C=O) groups excluding carboxylic acids is 1. The van der Waals surface area contributed by atoms with Crippen LogP contribution in [-0.2, 0) is 16.6 Å². The van der Waals surface area contributed by atoms with Gasteiger partial charge >= 0.3 is 5.97 Å². The van der Waals surface area contributed by atoms with Gasteiger partial charge in [-0.05, 0) is 12.1 Å². The number of carbonyl (C=O) groups is 2. The highest BCUT2D eigenvalue weighted by molar-refractivity contribution is 8.15. The molecule has 1 aliphatic rings. The number of carboxylic acid groups (broad SMARTS) is 1. The molecule has 1 aliphatic heterocycles. The fraction of sp³-hybridized carbons (Fsp3) is 0.214. The van der Waals surface area contributed by atoms with Crippen LogP contribution in [0.15, 0.2) is 28.5 Å². The van der Waals surface area contributed by atoms with Crippen LogP contribution in [-0.4, -0.2) is 43.4 Å². The molecular formula is C14H12FN5O3S. The van der Waals surface area contributed by atoms with Crippen molar-refractivity contribution in [3.63, 3.8) is 0 Å². The molecule has 0 bridgehead atoms. The predicted octanol–water partition coefficient (Wildman–Crippen LogP) is 1.11. The van der Waals surface area contributed by atoms with Crippen molar-refractivity contribution in [2.75, 3.05) is 0 Å². The first-order chi connectivity index (χ1) is 11.4. The van der Waals surface area contributed by atoms with E-state index in [0.29, 0.717) is 5.39 Å². The third kappa shape index (κ3) is 3.27. The standard InChI is InChI=1S/C14H12FN5O3S/c1-20-10-3-7(9(15)2-8(10)6-17-20)5-16-19-14-18-13(23)11(24-14)4-12(21)22/h2-3,5-6,11H,4H2,1H3,(H,21,22)(H,18,19,23). The lowest BCUT2D eigenvalue weighted by Gasteiger charge is -1.98. The van der Waals surface area contributed by atoms with Crippen LogP contribution in [0.3, 0.4) is 0 Å². The Balaban J connectivity index is 1.77. The number of fused-ring (bicyclic) bond motifs is 1. The van der Waals surface area contributed by atoms with Crippen LogP contribution in [0, 0.1) is 5.82 Å². The number of rotatable bonds is 4. The first-order valence-electron chi connectivity index (χ1n) is 6.85. The smallest absolute Gasteiger partial charge is 0.305 e. The fourth-order valence-corrected chi connectivity index (χ4v) is 3.09. The van der Waals surface area contributed by atoms with Crippen molar-refractivity contribution in [3.8, 4) is 0 Å². The van der Waals surface area contributed by atoms with Crippen molar-refractivity contribution in [2.45, 2.75) is 11.7 Å². The Bertz CT molecular complexity index is 892. The molecule has 1 aromatic heterocycles. The van der Waals surface area contributed by atoms with Gasteiger partial charge in [0.2, 0.25) is 5.91 Å². The lowest BCUT2D eigenvalue weighted by atomic mass is 10.1. The van der Waals surface area contributed by atoms with Crippen molar-refractivity contribution >= 4 is 45.9 Å². The largest absolute Gasteiger partial charge is 0.481 e. The van der Waals surface area contributed by atoms with Crippen LogP contribution >= 0.6 is 11.8 Å². The number of hydrogen-bond donors (Lipinski definition) is 2. The van der Waals surface area contributed by atoms with E-state index in [9.17, 15) is 14.0 Å². The molecule has 3 rings (SSSR count). The molecular weight excluding hydrogens is 337 g/mol. The summed E-state index contributed by atoms with van der Waals surface area (Å²) in [5.41, 5.74) is 0.974. The van der Waals surface area contributed by atoms with Crippen LogP contribution in [0.2, 0.25) is 0 Å². The van der Waals surface area contributed by atoms with Crippen LogP contribution < -0.4 is 5.32 Å². The lowest BCUT2D eigenvalue weighted by molar-refractivity contribution is -0.138.